The highest BCUT2D eigenvalue weighted by Crippen LogP contribution is 2.36. The quantitative estimate of drug-likeness (QED) is 0.723. The largest absolute Gasteiger partial charge is 0.416 e. The van der Waals surface area contributed by atoms with Gasteiger partial charge in [-0.3, -0.25) is 0 Å². The van der Waals surface area contributed by atoms with E-state index in [1.165, 1.54) is 18.5 Å². The summed E-state index contributed by atoms with van der Waals surface area (Å²) >= 11 is 4.22. The zero-order chi connectivity index (χ0) is 19.6. The van der Waals surface area contributed by atoms with Crippen LogP contribution in [0.5, 0.6) is 0 Å². The number of halogens is 3. The molecule has 0 amide bonds. The van der Waals surface area contributed by atoms with Crippen molar-refractivity contribution in [3.8, 4) is 0 Å². The van der Waals surface area contributed by atoms with Crippen LogP contribution in [-0.4, -0.2) is 25.5 Å². The molecule has 0 aliphatic rings. The summed E-state index contributed by atoms with van der Waals surface area (Å²) in [5.41, 5.74) is -1.31. The number of benzene rings is 1. The molecule has 26 heavy (non-hydrogen) atoms. The van der Waals surface area contributed by atoms with Gasteiger partial charge in [0.05, 0.1) is 17.7 Å². The van der Waals surface area contributed by atoms with E-state index in [1.807, 2.05) is 20.8 Å². The molecule has 0 saturated carbocycles. The summed E-state index contributed by atoms with van der Waals surface area (Å²) < 4.78 is 39.4. The Kier molecular flexibility index (Phi) is 6.07. The van der Waals surface area contributed by atoms with Gasteiger partial charge in [0.1, 0.15) is 6.33 Å². The van der Waals surface area contributed by atoms with E-state index in [4.69, 9.17) is 0 Å². The number of aryl methyl sites for hydroxylation is 1. The molecule has 1 aromatic heterocycles. The van der Waals surface area contributed by atoms with Gasteiger partial charge in [0.15, 0.2) is 5.16 Å². The fourth-order valence-electron chi connectivity index (χ4n) is 2.75. The minimum Gasteiger partial charge on any atom is -0.387 e. The van der Waals surface area contributed by atoms with Crippen LogP contribution in [0.15, 0.2) is 35.7 Å². The van der Waals surface area contributed by atoms with Gasteiger partial charge in [0.2, 0.25) is 0 Å². The van der Waals surface area contributed by atoms with Crippen LogP contribution in [0, 0.1) is 5.41 Å². The first kappa shape index (κ1) is 20.8. The van der Waals surface area contributed by atoms with Gasteiger partial charge in [-0.2, -0.15) is 18.3 Å². The molecule has 0 aliphatic heterocycles. The highest BCUT2D eigenvalue weighted by Gasteiger charge is 2.40. The molecule has 0 fully saturated rings. The third-order valence-electron chi connectivity index (χ3n) is 4.74. The van der Waals surface area contributed by atoms with Gasteiger partial charge in [-0.25, -0.2) is 9.67 Å². The minimum absolute atomic E-state index is 0.252. The highest BCUT2D eigenvalue weighted by molar-refractivity contribution is 7.80. The molecule has 0 aliphatic carbocycles. The molecule has 1 aromatic carbocycles. The summed E-state index contributed by atoms with van der Waals surface area (Å²) in [6, 6.07) is 5.16. The van der Waals surface area contributed by atoms with Crippen molar-refractivity contribution < 1.29 is 18.3 Å². The van der Waals surface area contributed by atoms with Gasteiger partial charge >= 0.3 is 6.18 Å². The fourth-order valence-corrected chi connectivity index (χ4v) is 2.93. The Balaban J connectivity index is 2.03. The molecule has 2 rings (SSSR count). The smallest absolute Gasteiger partial charge is 0.387 e. The predicted octanol–water partition coefficient (Wildman–Crippen LogP) is 4.39. The molecular weight excluding hydrogens is 363 g/mol. The third-order valence-corrected chi connectivity index (χ3v) is 5.09. The molecule has 0 bridgehead atoms. The van der Waals surface area contributed by atoms with Crippen LogP contribution in [0.4, 0.5) is 13.2 Å². The van der Waals surface area contributed by atoms with Crippen molar-refractivity contribution in [2.45, 2.75) is 63.5 Å². The Morgan fingerprint density at radius 3 is 2.19 bits per heavy atom. The summed E-state index contributed by atoms with van der Waals surface area (Å²) in [5.74, 6) is 0. The fraction of sp³-hybridized carbons (Fsp3) is 0.556. The first-order chi connectivity index (χ1) is 11.9. The lowest BCUT2D eigenvalue weighted by molar-refractivity contribution is -0.137. The van der Waals surface area contributed by atoms with E-state index in [-0.39, 0.29) is 6.54 Å². The average Bonchev–Trinajstić information content (AvgIpc) is 2.91. The molecule has 8 heteroatoms. The van der Waals surface area contributed by atoms with Crippen LogP contribution in [0.2, 0.25) is 0 Å². The maximum atomic E-state index is 12.6. The van der Waals surface area contributed by atoms with Gasteiger partial charge in [-0.15, -0.1) is 12.6 Å². The van der Waals surface area contributed by atoms with Crippen molar-refractivity contribution in [1.82, 2.24) is 14.8 Å². The van der Waals surface area contributed by atoms with Crippen molar-refractivity contribution in [1.29, 1.82) is 0 Å². The maximum Gasteiger partial charge on any atom is 0.416 e. The van der Waals surface area contributed by atoms with Crippen LogP contribution in [-0.2, 0) is 19.1 Å². The maximum absolute atomic E-state index is 12.6. The summed E-state index contributed by atoms with van der Waals surface area (Å²) in [5, 5.41) is 15.7. The molecule has 0 radical (unpaired) electrons. The molecule has 0 saturated heterocycles. The summed E-state index contributed by atoms with van der Waals surface area (Å²) in [7, 11) is 0. The first-order valence-electron chi connectivity index (χ1n) is 8.38. The number of rotatable bonds is 6. The van der Waals surface area contributed by atoms with Gasteiger partial charge in [0, 0.05) is 0 Å². The number of aromatic nitrogens is 3. The van der Waals surface area contributed by atoms with Crippen molar-refractivity contribution in [2.75, 3.05) is 0 Å². The summed E-state index contributed by atoms with van der Waals surface area (Å²) in [6.45, 7) is 6.09. The van der Waals surface area contributed by atoms with Gasteiger partial charge in [0.25, 0.3) is 0 Å². The normalized spacial score (nSPS) is 15.1. The Bertz CT molecular complexity index is 723. The van der Waals surface area contributed by atoms with Gasteiger partial charge in [-0.1, -0.05) is 32.9 Å². The second-order valence-electron chi connectivity index (χ2n) is 7.55. The van der Waals surface area contributed by atoms with Crippen molar-refractivity contribution in [3.05, 3.63) is 41.7 Å². The van der Waals surface area contributed by atoms with Gasteiger partial charge < -0.3 is 5.11 Å². The molecule has 1 atom stereocenters. The summed E-state index contributed by atoms with van der Waals surface area (Å²) in [4.78, 5) is 3.95. The number of alkyl halides is 3. The zero-order valence-electron chi connectivity index (χ0n) is 15.1. The second-order valence-corrected chi connectivity index (χ2v) is 7.95. The molecule has 0 spiro atoms. The summed E-state index contributed by atoms with van der Waals surface area (Å²) in [6.07, 6.45) is -1.25. The molecule has 2 aromatic rings. The van der Waals surface area contributed by atoms with Crippen LogP contribution in [0.25, 0.3) is 0 Å². The van der Waals surface area contributed by atoms with Crippen molar-refractivity contribution >= 4 is 12.6 Å². The van der Waals surface area contributed by atoms with E-state index < -0.39 is 22.8 Å². The lowest BCUT2D eigenvalue weighted by Gasteiger charge is -2.40. The standard InChI is InChI=1S/C18H24F3N3OS/c1-16(2,3)17(25,11-24-15(26)22-12-23-24)10-4-5-13-6-8-14(9-7-13)18(19,20)21/h6-9,12,25H,4-5,10-11H2,1-3H3,(H,22,23,26). The van der Waals surface area contributed by atoms with E-state index in [9.17, 15) is 18.3 Å². The third kappa shape index (κ3) is 5.01. The van der Waals surface area contributed by atoms with Crippen molar-refractivity contribution in [2.24, 2.45) is 5.41 Å². The SMILES string of the molecule is CC(C)(C)C(O)(CCCc1ccc(C(F)(F)F)cc1)Cn1ncnc1S. The molecule has 4 nitrogen and oxygen atoms in total. The second kappa shape index (κ2) is 7.60. The first-order valence-corrected chi connectivity index (χ1v) is 8.82. The minimum atomic E-state index is -4.33. The Labute approximate surface area is 156 Å². The van der Waals surface area contributed by atoms with Crippen LogP contribution >= 0.6 is 12.6 Å². The molecular formula is C18H24F3N3OS. The average molecular weight is 387 g/mol. The number of hydrogen-bond acceptors (Lipinski definition) is 4. The zero-order valence-corrected chi connectivity index (χ0v) is 16.0. The molecule has 1 N–H and O–H groups in total. The Morgan fingerprint density at radius 1 is 1.12 bits per heavy atom. The van der Waals surface area contributed by atoms with Crippen LogP contribution < -0.4 is 0 Å². The number of thiol groups is 1. The lowest BCUT2D eigenvalue weighted by Crippen LogP contribution is -2.47. The molecule has 1 unspecified atom stereocenters. The van der Waals surface area contributed by atoms with E-state index >= 15 is 0 Å². The van der Waals surface area contributed by atoms with E-state index in [0.717, 1.165) is 17.7 Å². The molecule has 1 heterocycles. The van der Waals surface area contributed by atoms with Gasteiger partial charge in [-0.05, 0) is 42.4 Å². The van der Waals surface area contributed by atoms with E-state index in [2.05, 4.69) is 22.7 Å². The predicted molar refractivity (Wildman–Crippen MR) is 96.1 cm³/mol. The van der Waals surface area contributed by atoms with Crippen LogP contribution in [0.3, 0.4) is 0 Å². The van der Waals surface area contributed by atoms with E-state index in [0.29, 0.717) is 24.4 Å². The van der Waals surface area contributed by atoms with E-state index in [1.54, 1.807) is 4.68 Å². The number of nitrogens with zero attached hydrogens (tertiary/aromatic N) is 3. The monoisotopic (exact) mass is 387 g/mol. The lowest BCUT2D eigenvalue weighted by atomic mass is 9.73. The molecule has 144 valence electrons. The number of hydrogen-bond donors (Lipinski definition) is 2. The Hall–Kier alpha value is -1.54. The van der Waals surface area contributed by atoms with Crippen molar-refractivity contribution in [3.63, 3.8) is 0 Å². The topological polar surface area (TPSA) is 50.9 Å². The number of aliphatic hydroxyl groups is 1. The Morgan fingerprint density at radius 2 is 1.73 bits per heavy atom. The van der Waals surface area contributed by atoms with Crippen LogP contribution in [0.1, 0.15) is 44.7 Å². The highest BCUT2D eigenvalue weighted by atomic mass is 32.1.